The van der Waals surface area contributed by atoms with Crippen molar-refractivity contribution in [3.05, 3.63) is 65.4 Å². The van der Waals surface area contributed by atoms with E-state index in [-0.39, 0.29) is 12.5 Å². The number of piperazine rings is 1. The van der Waals surface area contributed by atoms with Crippen LogP contribution in [0.4, 0.5) is 11.6 Å². The summed E-state index contributed by atoms with van der Waals surface area (Å²) >= 11 is 5.90. The van der Waals surface area contributed by atoms with Crippen molar-refractivity contribution in [2.24, 2.45) is 0 Å². The Morgan fingerprint density at radius 3 is 2.53 bits per heavy atom. The quantitative estimate of drug-likeness (QED) is 0.680. The average molecular weight is 422 g/mol. The van der Waals surface area contributed by atoms with Crippen molar-refractivity contribution in [3.8, 4) is 11.8 Å². The molecule has 3 aromatic rings. The number of pyridine rings is 1. The van der Waals surface area contributed by atoms with Gasteiger partial charge in [-0.2, -0.15) is 10.4 Å². The summed E-state index contributed by atoms with van der Waals surface area (Å²) in [6.07, 6.45) is 3.10. The predicted octanol–water partition coefficient (Wildman–Crippen LogP) is 2.55. The Balaban J connectivity index is 1.37. The average Bonchev–Trinajstić information content (AvgIpc) is 3.18. The standard InChI is InChI=1S/C21H20ClN7O/c22-17-6-7-19(24-14-17)28-10-8-27(9-11-28)15-20(30)26-21-16(12-23)13-25-29(21)18-4-2-1-3-5-18/h1-7,13-14H,8-11,15H2,(H,26,30). The van der Waals surface area contributed by atoms with Crippen molar-refractivity contribution >= 4 is 29.1 Å². The predicted molar refractivity (Wildman–Crippen MR) is 115 cm³/mol. The first-order valence-corrected chi connectivity index (χ1v) is 9.94. The van der Waals surface area contributed by atoms with E-state index >= 15 is 0 Å². The van der Waals surface area contributed by atoms with Gasteiger partial charge >= 0.3 is 0 Å². The number of nitrogens with one attached hydrogen (secondary N) is 1. The first-order chi connectivity index (χ1) is 14.6. The van der Waals surface area contributed by atoms with Crippen LogP contribution in [0.1, 0.15) is 5.56 Å². The van der Waals surface area contributed by atoms with Crippen LogP contribution in [0.5, 0.6) is 0 Å². The number of hydrogen-bond donors (Lipinski definition) is 1. The molecule has 152 valence electrons. The molecule has 1 aliphatic heterocycles. The fourth-order valence-electron chi connectivity index (χ4n) is 3.38. The van der Waals surface area contributed by atoms with E-state index < -0.39 is 0 Å². The summed E-state index contributed by atoms with van der Waals surface area (Å²) in [6.45, 7) is 3.26. The van der Waals surface area contributed by atoms with Crippen LogP contribution in [0, 0.1) is 11.3 Å². The van der Waals surface area contributed by atoms with Crippen molar-refractivity contribution in [1.82, 2.24) is 19.7 Å². The third-order valence-corrected chi connectivity index (χ3v) is 5.15. The van der Waals surface area contributed by atoms with Gasteiger partial charge in [-0.3, -0.25) is 9.69 Å². The van der Waals surface area contributed by atoms with Gasteiger partial charge in [0.05, 0.1) is 23.5 Å². The molecular formula is C21H20ClN7O. The van der Waals surface area contributed by atoms with Crippen molar-refractivity contribution < 1.29 is 4.79 Å². The molecule has 0 radical (unpaired) electrons. The van der Waals surface area contributed by atoms with Crippen LogP contribution in [-0.4, -0.2) is 58.3 Å². The number of aromatic nitrogens is 3. The molecule has 9 heteroatoms. The molecule has 30 heavy (non-hydrogen) atoms. The molecule has 1 fully saturated rings. The summed E-state index contributed by atoms with van der Waals surface area (Å²) in [5.41, 5.74) is 1.10. The first-order valence-electron chi connectivity index (χ1n) is 9.56. The van der Waals surface area contributed by atoms with E-state index in [1.54, 1.807) is 10.9 Å². The highest BCUT2D eigenvalue weighted by atomic mass is 35.5. The molecule has 1 amide bonds. The van der Waals surface area contributed by atoms with Gasteiger partial charge in [0.25, 0.3) is 0 Å². The van der Waals surface area contributed by atoms with Crippen LogP contribution in [0.15, 0.2) is 54.9 Å². The molecule has 0 unspecified atom stereocenters. The van der Waals surface area contributed by atoms with E-state index in [9.17, 15) is 10.1 Å². The van der Waals surface area contributed by atoms with E-state index in [0.29, 0.717) is 16.4 Å². The maximum Gasteiger partial charge on any atom is 0.239 e. The molecule has 1 aliphatic rings. The lowest BCUT2D eigenvalue weighted by Gasteiger charge is -2.35. The van der Waals surface area contributed by atoms with E-state index in [1.807, 2.05) is 42.5 Å². The Hall–Kier alpha value is -3.41. The van der Waals surface area contributed by atoms with Gasteiger partial charge in [-0.05, 0) is 24.3 Å². The zero-order valence-electron chi connectivity index (χ0n) is 16.2. The summed E-state index contributed by atoms with van der Waals surface area (Å²) in [4.78, 5) is 21.3. The first kappa shape index (κ1) is 19.9. The van der Waals surface area contributed by atoms with Gasteiger partial charge in [-0.15, -0.1) is 0 Å². The topological polar surface area (TPSA) is 90.1 Å². The summed E-state index contributed by atoms with van der Waals surface area (Å²) in [5.74, 6) is 1.09. The van der Waals surface area contributed by atoms with Gasteiger partial charge in [0.1, 0.15) is 17.5 Å². The van der Waals surface area contributed by atoms with Crippen LogP contribution < -0.4 is 10.2 Å². The Bertz CT molecular complexity index is 1050. The number of nitriles is 1. The second-order valence-electron chi connectivity index (χ2n) is 6.91. The van der Waals surface area contributed by atoms with Gasteiger partial charge in [0.15, 0.2) is 5.82 Å². The van der Waals surface area contributed by atoms with Crippen LogP contribution in [-0.2, 0) is 4.79 Å². The molecule has 3 heterocycles. The molecule has 0 saturated carbocycles. The monoisotopic (exact) mass is 421 g/mol. The number of para-hydroxylation sites is 1. The smallest absolute Gasteiger partial charge is 0.239 e. The number of carbonyl (C=O) groups excluding carboxylic acids is 1. The SMILES string of the molecule is N#Cc1cnn(-c2ccccc2)c1NC(=O)CN1CCN(c2ccc(Cl)cn2)CC1. The number of hydrogen-bond acceptors (Lipinski definition) is 6. The van der Waals surface area contributed by atoms with Gasteiger partial charge in [0, 0.05) is 32.4 Å². The summed E-state index contributed by atoms with van der Waals surface area (Å²) in [7, 11) is 0. The molecule has 1 N–H and O–H groups in total. The lowest BCUT2D eigenvalue weighted by Crippen LogP contribution is -2.49. The number of anilines is 2. The molecule has 0 atom stereocenters. The van der Waals surface area contributed by atoms with Crippen molar-refractivity contribution in [1.29, 1.82) is 5.26 Å². The lowest BCUT2D eigenvalue weighted by molar-refractivity contribution is -0.117. The van der Waals surface area contributed by atoms with E-state index in [2.05, 4.69) is 31.3 Å². The highest BCUT2D eigenvalue weighted by Gasteiger charge is 2.21. The van der Waals surface area contributed by atoms with Crippen LogP contribution >= 0.6 is 11.6 Å². The lowest BCUT2D eigenvalue weighted by atomic mass is 10.3. The second kappa shape index (κ2) is 8.95. The molecule has 8 nitrogen and oxygen atoms in total. The number of halogens is 1. The minimum atomic E-state index is -0.178. The zero-order valence-corrected chi connectivity index (χ0v) is 17.0. The molecule has 0 spiro atoms. The number of carbonyl (C=O) groups is 1. The molecule has 0 bridgehead atoms. The maximum absolute atomic E-state index is 12.7. The molecule has 2 aromatic heterocycles. The van der Waals surface area contributed by atoms with Crippen LogP contribution in [0.3, 0.4) is 0 Å². The Morgan fingerprint density at radius 1 is 1.10 bits per heavy atom. The van der Waals surface area contributed by atoms with Crippen molar-refractivity contribution in [3.63, 3.8) is 0 Å². The third-order valence-electron chi connectivity index (χ3n) is 4.92. The van der Waals surface area contributed by atoms with E-state index in [1.165, 1.54) is 6.20 Å². The summed E-state index contributed by atoms with van der Waals surface area (Å²) in [5, 5.41) is 17.1. The summed E-state index contributed by atoms with van der Waals surface area (Å²) < 4.78 is 1.57. The number of benzene rings is 1. The second-order valence-corrected chi connectivity index (χ2v) is 7.35. The van der Waals surface area contributed by atoms with E-state index in [0.717, 1.165) is 37.7 Å². The molecule has 0 aliphatic carbocycles. The van der Waals surface area contributed by atoms with Gasteiger partial charge in [0.2, 0.25) is 5.91 Å². The Kier molecular flexibility index (Phi) is 5.93. The fraction of sp³-hybridized carbons (Fsp3) is 0.238. The fourth-order valence-corrected chi connectivity index (χ4v) is 3.49. The molecule has 4 rings (SSSR count). The molecule has 1 saturated heterocycles. The summed E-state index contributed by atoms with van der Waals surface area (Å²) in [6, 6.07) is 15.2. The van der Waals surface area contributed by atoms with Crippen LogP contribution in [0.2, 0.25) is 5.02 Å². The van der Waals surface area contributed by atoms with Crippen LogP contribution in [0.25, 0.3) is 5.69 Å². The van der Waals surface area contributed by atoms with Crippen molar-refractivity contribution in [2.75, 3.05) is 42.9 Å². The third kappa shape index (κ3) is 4.43. The van der Waals surface area contributed by atoms with Gasteiger partial charge in [-0.1, -0.05) is 29.8 Å². The van der Waals surface area contributed by atoms with Gasteiger partial charge < -0.3 is 10.2 Å². The minimum absolute atomic E-state index is 0.178. The normalized spacial score (nSPS) is 14.3. The molecule has 1 aromatic carbocycles. The number of rotatable bonds is 5. The highest BCUT2D eigenvalue weighted by molar-refractivity contribution is 6.30. The Morgan fingerprint density at radius 2 is 1.87 bits per heavy atom. The maximum atomic E-state index is 12.7. The number of amides is 1. The highest BCUT2D eigenvalue weighted by Crippen LogP contribution is 2.20. The molecular weight excluding hydrogens is 402 g/mol. The minimum Gasteiger partial charge on any atom is -0.354 e. The zero-order chi connectivity index (χ0) is 20.9. The van der Waals surface area contributed by atoms with E-state index in [4.69, 9.17) is 11.6 Å². The largest absolute Gasteiger partial charge is 0.354 e. The van der Waals surface area contributed by atoms with Crippen molar-refractivity contribution in [2.45, 2.75) is 0 Å². The van der Waals surface area contributed by atoms with Gasteiger partial charge in [-0.25, -0.2) is 9.67 Å². The Labute approximate surface area is 179 Å². The number of nitrogens with zero attached hydrogens (tertiary/aromatic N) is 6.